The van der Waals surface area contributed by atoms with E-state index in [1.807, 2.05) is 59.7 Å². The number of benzene rings is 1. The van der Waals surface area contributed by atoms with Crippen molar-refractivity contribution in [2.45, 2.75) is 81.6 Å². The molecule has 1 rings (SSSR count). The number of hydrogen-bond donors (Lipinski definition) is 3. The van der Waals surface area contributed by atoms with Crippen molar-refractivity contribution >= 4 is 28.9 Å². The monoisotopic (exact) mass is 403 g/mol. The van der Waals surface area contributed by atoms with Gasteiger partial charge in [-0.1, -0.05) is 62.3 Å². The van der Waals surface area contributed by atoms with Crippen LogP contribution in [0.15, 0.2) is 18.2 Å². The third kappa shape index (κ3) is 7.37. The fourth-order valence-corrected chi connectivity index (χ4v) is 2.26. The lowest BCUT2D eigenvalue weighted by molar-refractivity contribution is -0.124. The molecule has 0 aromatic heterocycles. The van der Waals surface area contributed by atoms with Gasteiger partial charge in [0.25, 0.3) is 0 Å². The van der Waals surface area contributed by atoms with Gasteiger partial charge in [0, 0.05) is 34.4 Å². The Kier molecular flexibility index (Phi) is 8.31. The minimum atomic E-state index is -0.457. The van der Waals surface area contributed by atoms with Crippen LogP contribution in [0.2, 0.25) is 0 Å². The summed E-state index contributed by atoms with van der Waals surface area (Å²) in [5.41, 5.74) is 1.48. The molecule has 2 amide bonds. The highest BCUT2D eigenvalue weighted by Gasteiger charge is 2.27. The molecular formula is C24H41N3O2. The molecule has 0 aliphatic carbocycles. The molecule has 3 N–H and O–H groups in total. The maximum absolute atomic E-state index is 12.7. The van der Waals surface area contributed by atoms with Gasteiger partial charge in [-0.2, -0.15) is 0 Å². The minimum Gasteiger partial charge on any atom is -0.384 e. The first-order valence-corrected chi connectivity index (χ1v) is 10.8. The highest BCUT2D eigenvalue weighted by molar-refractivity contribution is 5.98. The summed E-state index contributed by atoms with van der Waals surface area (Å²) < 4.78 is 0. The summed E-state index contributed by atoms with van der Waals surface area (Å²) in [6.45, 7) is 19.1. The van der Waals surface area contributed by atoms with E-state index in [2.05, 4.69) is 36.7 Å². The number of carbonyl (C=O) groups excluding carboxylic acids is 2. The molecule has 0 bridgehead atoms. The molecule has 0 atom stereocenters. The third-order valence-electron chi connectivity index (χ3n) is 6.17. The van der Waals surface area contributed by atoms with Crippen molar-refractivity contribution in [2.24, 2.45) is 16.2 Å². The van der Waals surface area contributed by atoms with E-state index >= 15 is 0 Å². The van der Waals surface area contributed by atoms with Crippen molar-refractivity contribution in [3.05, 3.63) is 18.2 Å². The Hall–Kier alpha value is -2.04. The standard InChI is InChI=1S/C24H41N3O2/c1-10-22(4,5)16-25-17-13-18(26-20(28)23(6,7)11-2)15-19(14-17)27-21(29)24(8,9)12-3/h13-15,25H,10-12,16H2,1-9H3,(H,26,28)(H,27,29). The van der Waals surface area contributed by atoms with Crippen LogP contribution in [0, 0.1) is 16.2 Å². The Balaban J connectivity index is 3.18. The zero-order chi connectivity index (χ0) is 22.5. The predicted molar refractivity (Wildman–Crippen MR) is 124 cm³/mol. The maximum Gasteiger partial charge on any atom is 0.230 e. The van der Waals surface area contributed by atoms with Crippen molar-refractivity contribution in [1.29, 1.82) is 0 Å². The minimum absolute atomic E-state index is 0.0304. The maximum atomic E-state index is 12.7. The summed E-state index contributed by atoms with van der Waals surface area (Å²) in [7, 11) is 0. The van der Waals surface area contributed by atoms with Gasteiger partial charge in [-0.15, -0.1) is 0 Å². The second-order valence-electron chi connectivity index (χ2n) is 10.1. The molecule has 0 fully saturated rings. The second kappa shape index (κ2) is 9.64. The predicted octanol–water partition coefficient (Wildman–Crippen LogP) is 6.28. The van der Waals surface area contributed by atoms with Crippen LogP contribution in [-0.4, -0.2) is 18.4 Å². The molecule has 0 saturated heterocycles. The molecule has 1 aromatic rings. The zero-order valence-electron chi connectivity index (χ0n) is 19.9. The first-order chi connectivity index (χ1) is 13.3. The average molecular weight is 404 g/mol. The fraction of sp³-hybridized carbons (Fsp3) is 0.667. The van der Waals surface area contributed by atoms with Gasteiger partial charge in [-0.3, -0.25) is 9.59 Å². The lowest BCUT2D eigenvalue weighted by Crippen LogP contribution is -2.31. The van der Waals surface area contributed by atoms with Gasteiger partial charge < -0.3 is 16.0 Å². The highest BCUT2D eigenvalue weighted by Crippen LogP contribution is 2.29. The molecular weight excluding hydrogens is 362 g/mol. The largest absolute Gasteiger partial charge is 0.384 e. The topological polar surface area (TPSA) is 70.2 Å². The molecule has 164 valence electrons. The van der Waals surface area contributed by atoms with Gasteiger partial charge in [-0.05, 0) is 42.9 Å². The van der Waals surface area contributed by atoms with Gasteiger partial charge in [0.05, 0.1) is 0 Å². The molecule has 0 spiro atoms. The molecule has 0 saturated carbocycles. The quantitative estimate of drug-likeness (QED) is 0.430. The Morgan fingerprint density at radius 2 is 1.07 bits per heavy atom. The van der Waals surface area contributed by atoms with Crippen LogP contribution < -0.4 is 16.0 Å². The van der Waals surface area contributed by atoms with E-state index in [1.165, 1.54) is 0 Å². The summed E-state index contributed by atoms with van der Waals surface area (Å²) in [6.07, 6.45) is 2.54. The van der Waals surface area contributed by atoms with Gasteiger partial charge >= 0.3 is 0 Å². The van der Waals surface area contributed by atoms with E-state index in [4.69, 9.17) is 0 Å². The SMILES string of the molecule is CCC(C)(C)CNc1cc(NC(=O)C(C)(C)CC)cc(NC(=O)C(C)(C)CC)c1. The number of nitrogens with one attached hydrogen (secondary N) is 3. The number of anilines is 3. The molecule has 5 heteroatoms. The van der Waals surface area contributed by atoms with Crippen molar-refractivity contribution in [1.82, 2.24) is 0 Å². The summed E-state index contributed by atoms with van der Waals surface area (Å²) in [5.74, 6) is -0.0607. The first-order valence-electron chi connectivity index (χ1n) is 10.8. The summed E-state index contributed by atoms with van der Waals surface area (Å²) in [6, 6.07) is 5.68. The molecule has 29 heavy (non-hydrogen) atoms. The van der Waals surface area contributed by atoms with Crippen LogP contribution in [0.25, 0.3) is 0 Å². The fourth-order valence-electron chi connectivity index (χ4n) is 2.26. The Morgan fingerprint density at radius 3 is 1.41 bits per heavy atom. The lowest BCUT2D eigenvalue weighted by atomic mass is 9.89. The van der Waals surface area contributed by atoms with Crippen LogP contribution in [0.3, 0.4) is 0 Å². The van der Waals surface area contributed by atoms with Crippen molar-refractivity contribution in [3.8, 4) is 0 Å². The summed E-state index contributed by atoms with van der Waals surface area (Å²) >= 11 is 0. The van der Waals surface area contributed by atoms with Crippen LogP contribution in [0.4, 0.5) is 17.1 Å². The van der Waals surface area contributed by atoms with E-state index < -0.39 is 10.8 Å². The molecule has 0 radical (unpaired) electrons. The van der Waals surface area contributed by atoms with Gasteiger partial charge in [0.15, 0.2) is 0 Å². The summed E-state index contributed by atoms with van der Waals surface area (Å²) in [4.78, 5) is 25.3. The van der Waals surface area contributed by atoms with Crippen LogP contribution >= 0.6 is 0 Å². The van der Waals surface area contributed by atoms with Crippen molar-refractivity contribution < 1.29 is 9.59 Å². The van der Waals surface area contributed by atoms with E-state index in [9.17, 15) is 9.59 Å². The Bertz CT molecular complexity index is 673. The number of carbonyl (C=O) groups is 2. The Labute approximate surface area is 177 Å². The Morgan fingerprint density at radius 1 is 0.690 bits per heavy atom. The summed E-state index contributed by atoms with van der Waals surface area (Å²) in [5, 5.41) is 9.51. The van der Waals surface area contributed by atoms with E-state index in [0.717, 1.165) is 31.5 Å². The normalized spacial score (nSPS) is 12.4. The van der Waals surface area contributed by atoms with E-state index in [-0.39, 0.29) is 17.2 Å². The molecule has 5 nitrogen and oxygen atoms in total. The molecule has 0 aliphatic rings. The van der Waals surface area contributed by atoms with Gasteiger partial charge in [-0.25, -0.2) is 0 Å². The van der Waals surface area contributed by atoms with E-state index in [0.29, 0.717) is 11.4 Å². The van der Waals surface area contributed by atoms with Crippen molar-refractivity contribution in [2.75, 3.05) is 22.5 Å². The van der Waals surface area contributed by atoms with Crippen LogP contribution in [0.5, 0.6) is 0 Å². The zero-order valence-corrected chi connectivity index (χ0v) is 19.9. The van der Waals surface area contributed by atoms with Crippen LogP contribution in [0.1, 0.15) is 81.6 Å². The van der Waals surface area contributed by atoms with E-state index in [1.54, 1.807) is 0 Å². The van der Waals surface area contributed by atoms with Crippen molar-refractivity contribution in [3.63, 3.8) is 0 Å². The average Bonchev–Trinajstić information content (AvgIpc) is 2.66. The highest BCUT2D eigenvalue weighted by atomic mass is 16.2. The lowest BCUT2D eigenvalue weighted by Gasteiger charge is -2.26. The molecule has 1 aromatic carbocycles. The second-order valence-corrected chi connectivity index (χ2v) is 10.1. The smallest absolute Gasteiger partial charge is 0.230 e. The molecule has 0 aliphatic heterocycles. The number of hydrogen-bond acceptors (Lipinski definition) is 3. The van der Waals surface area contributed by atoms with Gasteiger partial charge in [0.1, 0.15) is 0 Å². The third-order valence-corrected chi connectivity index (χ3v) is 6.17. The number of amides is 2. The number of rotatable bonds is 10. The first kappa shape index (κ1) is 25.0. The van der Waals surface area contributed by atoms with Crippen LogP contribution in [-0.2, 0) is 9.59 Å². The van der Waals surface area contributed by atoms with Gasteiger partial charge in [0.2, 0.25) is 11.8 Å². The molecule has 0 heterocycles. The molecule has 0 unspecified atom stereocenters.